The molecule has 5 rings (SSSR count). The van der Waals surface area contributed by atoms with Crippen LogP contribution in [0.5, 0.6) is 0 Å². The number of fused-ring (bicyclic) bond motifs is 7. The largest absolute Gasteiger partial charge is 0.433 e. The number of hydrogen-bond donors (Lipinski definition) is 1. The number of pyridine rings is 1. The maximum atomic E-state index is 13.5. The molecule has 2 aromatic heterocycles. The third-order valence-corrected chi connectivity index (χ3v) is 7.51. The molecule has 2 aliphatic heterocycles. The number of hydrogen-bond acceptors (Lipinski definition) is 4. The highest BCUT2D eigenvalue weighted by Gasteiger charge is 2.51. The van der Waals surface area contributed by atoms with E-state index in [-0.39, 0.29) is 4.90 Å². The van der Waals surface area contributed by atoms with E-state index >= 15 is 0 Å². The molecule has 11 heteroatoms. The van der Waals surface area contributed by atoms with E-state index in [1.807, 2.05) is 6.07 Å². The molecule has 0 spiro atoms. The van der Waals surface area contributed by atoms with Gasteiger partial charge in [0.05, 0.1) is 18.3 Å². The topological polar surface area (TPSA) is 79.0 Å². The smallest absolute Gasteiger partial charge is 0.282 e. The number of nitrogens with zero attached hydrogens (tertiary/aromatic N) is 3. The van der Waals surface area contributed by atoms with Crippen LogP contribution in [0.3, 0.4) is 0 Å². The summed E-state index contributed by atoms with van der Waals surface area (Å²) < 4.78 is 66.6. The molecule has 0 amide bonds. The van der Waals surface area contributed by atoms with Gasteiger partial charge in [-0.25, -0.2) is 8.42 Å². The van der Waals surface area contributed by atoms with Crippen molar-refractivity contribution >= 4 is 21.6 Å². The minimum absolute atomic E-state index is 0.309. The fourth-order valence-corrected chi connectivity index (χ4v) is 6.12. The molecule has 0 radical (unpaired) electrons. The predicted octanol–water partition coefficient (Wildman–Crippen LogP) is 3.87. The Balaban J connectivity index is 1.66. The Morgan fingerprint density at radius 2 is 1.93 bits per heavy atom. The maximum absolute atomic E-state index is 13.5. The second-order valence-electron chi connectivity index (χ2n) is 6.88. The minimum atomic E-state index is -4.65. The highest BCUT2D eigenvalue weighted by Crippen LogP contribution is 2.55. The molecule has 1 aromatic carbocycles. The zero-order chi connectivity index (χ0) is 20.6. The van der Waals surface area contributed by atoms with Crippen molar-refractivity contribution in [2.24, 2.45) is 0 Å². The number of alkyl halides is 3. The lowest BCUT2D eigenvalue weighted by molar-refractivity contribution is -0.141. The molecule has 6 nitrogen and oxygen atoms in total. The summed E-state index contributed by atoms with van der Waals surface area (Å²) in [7, 11) is -4.16. The first-order valence-electron chi connectivity index (χ1n) is 8.57. The van der Waals surface area contributed by atoms with Crippen LogP contribution in [0.15, 0.2) is 47.6 Å². The van der Waals surface area contributed by atoms with Crippen molar-refractivity contribution < 1.29 is 21.6 Å². The number of halogens is 4. The van der Waals surface area contributed by atoms with Crippen LogP contribution in [0.2, 0.25) is 5.02 Å². The lowest BCUT2D eigenvalue weighted by atomic mass is 10.0. The quantitative estimate of drug-likeness (QED) is 0.656. The van der Waals surface area contributed by atoms with Crippen LogP contribution in [0.4, 0.5) is 13.2 Å². The molecule has 0 saturated heterocycles. The zero-order valence-corrected chi connectivity index (χ0v) is 16.1. The fraction of sp³-hybridized carbons (Fsp3) is 0.222. The number of nitrogens with one attached hydrogen (secondary N) is 1. The van der Waals surface area contributed by atoms with Gasteiger partial charge in [-0.1, -0.05) is 23.7 Å². The van der Waals surface area contributed by atoms with Gasteiger partial charge in [-0.2, -0.15) is 22.6 Å². The molecule has 3 aromatic rings. The third-order valence-electron chi connectivity index (χ3n) is 5.32. The van der Waals surface area contributed by atoms with Crippen molar-refractivity contribution in [2.45, 2.75) is 29.6 Å². The number of H-pyrrole nitrogens is 1. The molecule has 29 heavy (non-hydrogen) atoms. The highest BCUT2D eigenvalue weighted by atomic mass is 35.5. The Kier molecular flexibility index (Phi) is 3.87. The van der Waals surface area contributed by atoms with Crippen molar-refractivity contribution in [3.8, 4) is 0 Å². The Morgan fingerprint density at radius 1 is 1.14 bits per heavy atom. The van der Waals surface area contributed by atoms with E-state index in [9.17, 15) is 21.6 Å². The van der Waals surface area contributed by atoms with Gasteiger partial charge in [0.1, 0.15) is 10.6 Å². The van der Waals surface area contributed by atoms with Crippen LogP contribution < -0.4 is 0 Å². The summed E-state index contributed by atoms with van der Waals surface area (Å²) in [6.45, 7) is 0. The standard InChI is InChI=1S/C18H12ClF3N4O2S/c19-12-3-1-2-10-16(12)14-6-13-11(8-24-25-13)17(10)26(14)29(27,28)9-4-5-15(23-7-9)18(20,21)22/h1-5,7-8,14,17H,6H2,(H,24,25). The summed E-state index contributed by atoms with van der Waals surface area (Å²) in [6, 6.07) is 5.59. The van der Waals surface area contributed by atoms with Crippen LogP contribution in [-0.4, -0.2) is 27.9 Å². The molecule has 150 valence electrons. The molecule has 0 fully saturated rings. The normalized spacial score (nSPS) is 21.1. The fourth-order valence-electron chi connectivity index (χ4n) is 4.13. The van der Waals surface area contributed by atoms with Crippen molar-refractivity contribution in [1.29, 1.82) is 0 Å². The molecule has 0 saturated carbocycles. The van der Waals surface area contributed by atoms with Gasteiger partial charge in [0.25, 0.3) is 0 Å². The van der Waals surface area contributed by atoms with Crippen LogP contribution in [0, 0.1) is 0 Å². The predicted molar refractivity (Wildman–Crippen MR) is 96.6 cm³/mol. The maximum Gasteiger partial charge on any atom is 0.433 e. The van der Waals surface area contributed by atoms with E-state index in [4.69, 9.17) is 11.6 Å². The Hall–Kier alpha value is -2.43. The molecule has 2 aliphatic rings. The van der Waals surface area contributed by atoms with Gasteiger partial charge in [-0.15, -0.1) is 0 Å². The highest BCUT2D eigenvalue weighted by molar-refractivity contribution is 7.89. The lowest BCUT2D eigenvalue weighted by Gasteiger charge is -2.33. The molecular weight excluding hydrogens is 429 g/mol. The second kappa shape index (κ2) is 6.04. The average molecular weight is 441 g/mol. The van der Waals surface area contributed by atoms with Crippen LogP contribution in [-0.2, 0) is 22.6 Å². The first-order chi connectivity index (χ1) is 13.7. The van der Waals surface area contributed by atoms with Crippen LogP contribution >= 0.6 is 11.6 Å². The van der Waals surface area contributed by atoms with Crippen molar-refractivity contribution in [2.75, 3.05) is 0 Å². The van der Waals surface area contributed by atoms with E-state index in [1.54, 1.807) is 18.3 Å². The minimum Gasteiger partial charge on any atom is -0.282 e. The van der Waals surface area contributed by atoms with E-state index in [0.717, 1.165) is 23.5 Å². The number of rotatable bonds is 2. The summed E-state index contributed by atoms with van der Waals surface area (Å²) in [6.07, 6.45) is -2.01. The van der Waals surface area contributed by atoms with Gasteiger partial charge in [0, 0.05) is 28.9 Å². The van der Waals surface area contributed by atoms with Gasteiger partial charge in [0.2, 0.25) is 10.0 Å². The van der Waals surface area contributed by atoms with Crippen molar-refractivity contribution in [1.82, 2.24) is 19.5 Å². The molecule has 0 aliphatic carbocycles. The Labute approximate surface area is 168 Å². The molecule has 1 N–H and O–H groups in total. The molecule has 2 unspecified atom stereocenters. The van der Waals surface area contributed by atoms with Crippen molar-refractivity contribution in [3.63, 3.8) is 0 Å². The van der Waals surface area contributed by atoms with E-state index < -0.39 is 34.0 Å². The SMILES string of the molecule is O=S(=O)(c1ccc(C(F)(F)F)nc1)N1C2Cc3[nH]ncc3C1c1cccc(Cl)c12. The monoisotopic (exact) mass is 440 g/mol. The van der Waals surface area contributed by atoms with Gasteiger partial charge < -0.3 is 0 Å². The molecular formula is C18H12ClF3N4O2S. The van der Waals surface area contributed by atoms with Crippen LogP contribution in [0.1, 0.15) is 40.2 Å². The summed E-state index contributed by atoms with van der Waals surface area (Å²) in [5.74, 6) is 0. The van der Waals surface area contributed by atoms with E-state index in [1.165, 1.54) is 4.31 Å². The summed E-state index contributed by atoms with van der Waals surface area (Å²) in [5, 5.41) is 7.37. The summed E-state index contributed by atoms with van der Waals surface area (Å²) in [5.41, 5.74) is 1.80. The summed E-state index contributed by atoms with van der Waals surface area (Å²) in [4.78, 5) is 3.00. The van der Waals surface area contributed by atoms with E-state index in [2.05, 4.69) is 15.2 Å². The van der Waals surface area contributed by atoms with Gasteiger partial charge in [0.15, 0.2) is 0 Å². The number of aromatic amines is 1. The first kappa shape index (κ1) is 18.6. The Bertz CT molecular complexity index is 1220. The van der Waals surface area contributed by atoms with Gasteiger partial charge >= 0.3 is 6.18 Å². The third kappa shape index (κ3) is 2.62. The van der Waals surface area contributed by atoms with Crippen LogP contribution in [0.25, 0.3) is 0 Å². The Morgan fingerprint density at radius 3 is 2.62 bits per heavy atom. The van der Waals surface area contributed by atoms with Gasteiger partial charge in [-0.05, 0) is 29.3 Å². The first-order valence-corrected chi connectivity index (χ1v) is 10.4. The molecule has 4 heterocycles. The lowest BCUT2D eigenvalue weighted by Crippen LogP contribution is -2.37. The summed E-state index contributed by atoms with van der Waals surface area (Å²) >= 11 is 6.39. The number of benzene rings is 1. The molecule has 2 bridgehead atoms. The molecule has 2 atom stereocenters. The van der Waals surface area contributed by atoms with Gasteiger partial charge in [-0.3, -0.25) is 10.1 Å². The van der Waals surface area contributed by atoms with E-state index in [0.29, 0.717) is 28.6 Å². The van der Waals surface area contributed by atoms with Crippen molar-refractivity contribution in [3.05, 3.63) is 75.8 Å². The average Bonchev–Trinajstić information content (AvgIpc) is 3.23. The zero-order valence-electron chi connectivity index (χ0n) is 14.5. The number of aromatic nitrogens is 3. The second-order valence-corrected chi connectivity index (χ2v) is 9.13. The number of sulfonamides is 1.